The molecule has 0 aliphatic rings. The zero-order valence-corrected chi connectivity index (χ0v) is 10.9. The van der Waals surface area contributed by atoms with Crippen LogP contribution in [0.15, 0.2) is 18.2 Å². The molecule has 0 saturated carbocycles. The number of benzene rings is 1. The Kier molecular flexibility index (Phi) is 6.41. The molecule has 3 nitrogen and oxygen atoms in total. The maximum atomic E-state index is 11.8. The Morgan fingerprint density at radius 2 is 2.19 bits per heavy atom. The first-order valence-corrected chi connectivity index (χ1v) is 5.20. The van der Waals surface area contributed by atoms with Crippen molar-refractivity contribution in [2.24, 2.45) is 5.73 Å². The average Bonchev–Trinajstić information content (AvgIpc) is 2.21. The number of rotatable bonds is 3. The summed E-state index contributed by atoms with van der Waals surface area (Å²) in [5.74, 6) is -0.132. The smallest absolute Gasteiger partial charge is 0.251 e. The minimum atomic E-state index is -0.132. The van der Waals surface area contributed by atoms with Crippen LogP contribution in [0.1, 0.15) is 22.8 Å². The highest BCUT2D eigenvalue weighted by atomic mass is 35.5. The Bertz CT molecular complexity index is 369. The fourth-order valence-corrected chi connectivity index (χ4v) is 1.39. The number of nitrogens with two attached hydrogens (primary N) is 1. The van der Waals surface area contributed by atoms with E-state index in [9.17, 15) is 4.79 Å². The maximum absolute atomic E-state index is 11.8. The van der Waals surface area contributed by atoms with E-state index in [4.69, 9.17) is 17.3 Å². The van der Waals surface area contributed by atoms with Crippen LogP contribution in [-0.4, -0.2) is 18.5 Å². The Morgan fingerprint density at radius 1 is 1.56 bits per heavy atom. The molecule has 1 aromatic carbocycles. The van der Waals surface area contributed by atoms with Gasteiger partial charge in [-0.2, -0.15) is 0 Å². The van der Waals surface area contributed by atoms with Crippen LogP contribution in [0.2, 0.25) is 5.02 Å². The van der Waals surface area contributed by atoms with Crippen LogP contribution in [0.3, 0.4) is 0 Å². The molecule has 0 spiro atoms. The van der Waals surface area contributed by atoms with Gasteiger partial charge in [0.05, 0.1) is 0 Å². The van der Waals surface area contributed by atoms with Gasteiger partial charge in [-0.05, 0) is 31.5 Å². The number of hydrogen-bond donors (Lipinski definition) is 2. The van der Waals surface area contributed by atoms with Crippen LogP contribution in [0.4, 0.5) is 0 Å². The van der Waals surface area contributed by atoms with E-state index >= 15 is 0 Å². The normalized spacial score (nSPS) is 11.5. The van der Waals surface area contributed by atoms with E-state index in [2.05, 4.69) is 5.32 Å². The Hall–Kier alpha value is -0.770. The van der Waals surface area contributed by atoms with Gasteiger partial charge in [0.15, 0.2) is 0 Å². The molecule has 0 aromatic heterocycles. The summed E-state index contributed by atoms with van der Waals surface area (Å²) in [6.07, 6.45) is 0. The molecule has 1 amide bonds. The number of halogens is 2. The molecular formula is C11H16Cl2N2O. The van der Waals surface area contributed by atoms with Crippen molar-refractivity contribution < 1.29 is 4.79 Å². The van der Waals surface area contributed by atoms with Gasteiger partial charge in [-0.3, -0.25) is 4.79 Å². The van der Waals surface area contributed by atoms with Crippen LogP contribution in [-0.2, 0) is 0 Å². The predicted molar refractivity (Wildman–Crippen MR) is 69.4 cm³/mol. The van der Waals surface area contributed by atoms with Crippen LogP contribution in [0.25, 0.3) is 0 Å². The molecular weight excluding hydrogens is 247 g/mol. The van der Waals surface area contributed by atoms with E-state index < -0.39 is 0 Å². The molecule has 0 aliphatic heterocycles. The topological polar surface area (TPSA) is 55.1 Å². The van der Waals surface area contributed by atoms with E-state index in [1.807, 2.05) is 13.8 Å². The first kappa shape index (κ1) is 15.2. The summed E-state index contributed by atoms with van der Waals surface area (Å²) < 4.78 is 0. The number of carbonyl (C=O) groups excluding carboxylic acids is 1. The third-order valence-corrected chi connectivity index (χ3v) is 2.65. The SMILES string of the molecule is Cc1c(Cl)cccc1C(=O)N[C@H](C)CN.Cl. The van der Waals surface area contributed by atoms with Gasteiger partial charge in [-0.15, -0.1) is 12.4 Å². The minimum absolute atomic E-state index is 0. The molecule has 1 rings (SSSR count). The van der Waals surface area contributed by atoms with Gasteiger partial charge in [0.1, 0.15) is 0 Å². The lowest BCUT2D eigenvalue weighted by Crippen LogP contribution is -2.38. The zero-order chi connectivity index (χ0) is 11.4. The van der Waals surface area contributed by atoms with Crippen molar-refractivity contribution >= 4 is 29.9 Å². The van der Waals surface area contributed by atoms with Crippen LogP contribution in [0.5, 0.6) is 0 Å². The van der Waals surface area contributed by atoms with Crippen molar-refractivity contribution in [3.63, 3.8) is 0 Å². The molecule has 0 bridgehead atoms. The van der Waals surface area contributed by atoms with Crippen LogP contribution < -0.4 is 11.1 Å². The molecule has 0 aliphatic carbocycles. The average molecular weight is 263 g/mol. The van der Waals surface area contributed by atoms with Gasteiger partial charge in [-0.1, -0.05) is 17.7 Å². The van der Waals surface area contributed by atoms with Crippen LogP contribution >= 0.6 is 24.0 Å². The van der Waals surface area contributed by atoms with Crippen molar-refractivity contribution in [2.45, 2.75) is 19.9 Å². The van der Waals surface area contributed by atoms with Crippen molar-refractivity contribution in [2.75, 3.05) is 6.54 Å². The third kappa shape index (κ3) is 3.67. The fourth-order valence-electron chi connectivity index (χ4n) is 1.21. The number of amides is 1. The van der Waals surface area contributed by atoms with Gasteiger partial charge >= 0.3 is 0 Å². The highest BCUT2D eigenvalue weighted by molar-refractivity contribution is 6.31. The number of hydrogen-bond acceptors (Lipinski definition) is 2. The number of nitrogens with one attached hydrogen (secondary N) is 1. The van der Waals surface area contributed by atoms with Crippen molar-refractivity contribution in [1.82, 2.24) is 5.32 Å². The quantitative estimate of drug-likeness (QED) is 0.877. The summed E-state index contributed by atoms with van der Waals surface area (Å²) in [6.45, 7) is 4.10. The molecule has 0 unspecified atom stereocenters. The monoisotopic (exact) mass is 262 g/mol. The lowest BCUT2D eigenvalue weighted by Gasteiger charge is -2.13. The Balaban J connectivity index is 0.00000225. The molecule has 0 saturated heterocycles. The van der Waals surface area contributed by atoms with Crippen molar-refractivity contribution in [1.29, 1.82) is 0 Å². The molecule has 0 radical (unpaired) electrons. The van der Waals surface area contributed by atoms with Gasteiger partial charge < -0.3 is 11.1 Å². The highest BCUT2D eigenvalue weighted by Gasteiger charge is 2.12. The summed E-state index contributed by atoms with van der Waals surface area (Å²) in [7, 11) is 0. The summed E-state index contributed by atoms with van der Waals surface area (Å²) in [5.41, 5.74) is 6.82. The van der Waals surface area contributed by atoms with Crippen molar-refractivity contribution in [3.05, 3.63) is 34.3 Å². The fraction of sp³-hybridized carbons (Fsp3) is 0.364. The van der Waals surface area contributed by atoms with Crippen LogP contribution in [0, 0.1) is 6.92 Å². The summed E-state index contributed by atoms with van der Waals surface area (Å²) in [5, 5.41) is 3.39. The molecule has 1 atom stereocenters. The van der Waals surface area contributed by atoms with E-state index in [-0.39, 0.29) is 24.4 Å². The van der Waals surface area contributed by atoms with E-state index in [1.165, 1.54) is 0 Å². The Morgan fingerprint density at radius 3 is 2.75 bits per heavy atom. The van der Waals surface area contributed by atoms with E-state index in [0.717, 1.165) is 5.56 Å². The predicted octanol–water partition coefficient (Wildman–Crippen LogP) is 2.15. The molecule has 90 valence electrons. The lowest BCUT2D eigenvalue weighted by atomic mass is 10.1. The zero-order valence-electron chi connectivity index (χ0n) is 9.29. The number of carbonyl (C=O) groups is 1. The summed E-state index contributed by atoms with van der Waals surface area (Å²) in [4.78, 5) is 11.8. The minimum Gasteiger partial charge on any atom is -0.348 e. The maximum Gasteiger partial charge on any atom is 0.251 e. The first-order chi connectivity index (χ1) is 7.06. The van der Waals surface area contributed by atoms with Gasteiger partial charge in [0.25, 0.3) is 5.91 Å². The largest absolute Gasteiger partial charge is 0.348 e. The molecule has 16 heavy (non-hydrogen) atoms. The first-order valence-electron chi connectivity index (χ1n) is 4.82. The molecule has 3 N–H and O–H groups in total. The van der Waals surface area contributed by atoms with Gasteiger partial charge in [0.2, 0.25) is 0 Å². The second-order valence-corrected chi connectivity index (χ2v) is 3.93. The second kappa shape index (κ2) is 6.74. The summed E-state index contributed by atoms with van der Waals surface area (Å²) >= 11 is 5.92. The molecule has 5 heteroatoms. The molecule has 1 aromatic rings. The lowest BCUT2D eigenvalue weighted by molar-refractivity contribution is 0.0940. The molecule has 0 fully saturated rings. The molecule has 0 heterocycles. The summed E-state index contributed by atoms with van der Waals surface area (Å²) in [6, 6.07) is 5.24. The second-order valence-electron chi connectivity index (χ2n) is 3.52. The highest BCUT2D eigenvalue weighted by Crippen LogP contribution is 2.18. The van der Waals surface area contributed by atoms with E-state index in [1.54, 1.807) is 18.2 Å². The van der Waals surface area contributed by atoms with Gasteiger partial charge in [0, 0.05) is 23.2 Å². The van der Waals surface area contributed by atoms with Crippen molar-refractivity contribution in [3.8, 4) is 0 Å². The van der Waals surface area contributed by atoms with E-state index in [0.29, 0.717) is 17.1 Å². The Labute approximate surface area is 107 Å². The third-order valence-electron chi connectivity index (χ3n) is 2.24. The van der Waals surface area contributed by atoms with Gasteiger partial charge in [-0.25, -0.2) is 0 Å². The standard InChI is InChI=1S/C11H15ClN2O.ClH/c1-7(6-13)14-11(15)9-4-3-5-10(12)8(9)2;/h3-5,7H,6,13H2,1-2H3,(H,14,15);1H/t7-;/m1./s1.